The average molecular weight is 342 g/mol. The number of benzene rings is 1. The Hall–Kier alpha value is -2.67. The van der Waals surface area contributed by atoms with Crippen LogP contribution in [-0.4, -0.2) is 27.0 Å². The van der Waals surface area contributed by atoms with Gasteiger partial charge in [-0.3, -0.25) is 14.2 Å². The number of aromatic nitrogens is 3. The Morgan fingerprint density at radius 1 is 1.25 bits per heavy atom. The Labute approximate surface area is 143 Å². The molecule has 0 unspecified atom stereocenters. The normalized spacial score (nSPS) is 10.9. The molecule has 1 amide bonds. The molecule has 0 aliphatic heterocycles. The van der Waals surface area contributed by atoms with E-state index in [4.69, 9.17) is 12.2 Å². The third-order valence-electron chi connectivity index (χ3n) is 3.77. The summed E-state index contributed by atoms with van der Waals surface area (Å²) in [6.07, 6.45) is 2.61. The number of nitrogens with zero attached hydrogens (tertiary/aromatic N) is 1. The Kier molecular flexibility index (Phi) is 4.61. The predicted octanol–water partition coefficient (Wildman–Crippen LogP) is 2.58. The molecule has 2 heterocycles. The quantitative estimate of drug-likeness (QED) is 0.623. The van der Waals surface area contributed by atoms with Crippen LogP contribution in [0.4, 0.5) is 0 Å². The van der Waals surface area contributed by atoms with E-state index in [0.29, 0.717) is 17.6 Å². The Morgan fingerprint density at radius 3 is 2.71 bits per heavy atom. The predicted molar refractivity (Wildman–Crippen MR) is 96.5 cm³/mol. The highest BCUT2D eigenvalue weighted by Crippen LogP contribution is 2.25. The fourth-order valence-corrected chi connectivity index (χ4v) is 2.83. The molecule has 2 aromatic heterocycles. The molecule has 3 rings (SSSR count). The first kappa shape index (κ1) is 16.2. The van der Waals surface area contributed by atoms with E-state index in [9.17, 15) is 9.59 Å². The van der Waals surface area contributed by atoms with Crippen molar-refractivity contribution >= 4 is 29.2 Å². The molecular formula is C17H18N4O2S. The van der Waals surface area contributed by atoms with Crippen LogP contribution in [0.25, 0.3) is 22.2 Å². The molecule has 7 heteroatoms. The highest BCUT2D eigenvalue weighted by molar-refractivity contribution is 7.71. The maximum Gasteiger partial charge on any atom is 0.279 e. The molecule has 0 atom stereocenters. The van der Waals surface area contributed by atoms with E-state index in [-0.39, 0.29) is 22.8 Å². The first-order valence-electron chi connectivity index (χ1n) is 7.78. The van der Waals surface area contributed by atoms with Crippen LogP contribution in [0.2, 0.25) is 0 Å². The molecule has 0 saturated heterocycles. The van der Waals surface area contributed by atoms with Crippen molar-refractivity contribution in [3.05, 3.63) is 51.7 Å². The van der Waals surface area contributed by atoms with Crippen LogP contribution in [0.15, 0.2) is 41.3 Å². The second kappa shape index (κ2) is 6.84. The number of fused-ring (bicyclic) bond motifs is 1. The Balaban J connectivity index is 2.05. The number of carbonyl (C=O) groups excluding carboxylic acids is 1. The first-order valence-corrected chi connectivity index (χ1v) is 8.19. The number of H-pyrrole nitrogens is 2. The van der Waals surface area contributed by atoms with E-state index in [0.717, 1.165) is 17.5 Å². The van der Waals surface area contributed by atoms with E-state index in [1.54, 1.807) is 6.20 Å². The summed E-state index contributed by atoms with van der Waals surface area (Å²) < 4.78 is 1.50. The molecule has 3 aromatic rings. The monoisotopic (exact) mass is 342 g/mol. The summed E-state index contributed by atoms with van der Waals surface area (Å²) in [4.78, 5) is 30.6. The number of hydrogen-bond acceptors (Lipinski definition) is 3. The minimum atomic E-state index is -0.303. The van der Waals surface area contributed by atoms with Crippen molar-refractivity contribution in [1.29, 1.82) is 0 Å². The van der Waals surface area contributed by atoms with Gasteiger partial charge in [0.15, 0.2) is 4.77 Å². The van der Waals surface area contributed by atoms with Crippen LogP contribution in [-0.2, 0) is 11.3 Å². The second-order valence-electron chi connectivity index (χ2n) is 5.49. The second-order valence-corrected chi connectivity index (χ2v) is 5.88. The highest BCUT2D eigenvalue weighted by atomic mass is 32.1. The minimum Gasteiger partial charge on any atom is -0.355 e. The summed E-state index contributed by atoms with van der Waals surface area (Å²) >= 11 is 5.29. The number of aromatic amines is 2. The van der Waals surface area contributed by atoms with Crippen molar-refractivity contribution in [2.24, 2.45) is 0 Å². The zero-order chi connectivity index (χ0) is 17.1. The van der Waals surface area contributed by atoms with Gasteiger partial charge in [0.1, 0.15) is 12.1 Å². The highest BCUT2D eigenvalue weighted by Gasteiger charge is 2.14. The molecular weight excluding hydrogens is 324 g/mol. The van der Waals surface area contributed by atoms with Crippen molar-refractivity contribution in [2.45, 2.75) is 19.9 Å². The Bertz CT molecular complexity index is 985. The van der Waals surface area contributed by atoms with Gasteiger partial charge in [-0.25, -0.2) is 0 Å². The molecule has 3 N–H and O–H groups in total. The smallest absolute Gasteiger partial charge is 0.279 e. The summed E-state index contributed by atoms with van der Waals surface area (Å²) in [6, 6.07) is 9.72. The summed E-state index contributed by atoms with van der Waals surface area (Å²) in [5, 5.41) is 2.75. The molecule has 0 fully saturated rings. The van der Waals surface area contributed by atoms with Gasteiger partial charge in [-0.15, -0.1) is 0 Å². The SMILES string of the molecule is CCCNC(=O)Cn1c(=S)[nH]c2c(-c3ccccc3)c[nH]c2c1=O. The fourth-order valence-electron chi connectivity index (χ4n) is 2.58. The molecule has 124 valence electrons. The topological polar surface area (TPSA) is 82.7 Å². The van der Waals surface area contributed by atoms with E-state index in [1.165, 1.54) is 4.57 Å². The molecule has 6 nitrogen and oxygen atoms in total. The van der Waals surface area contributed by atoms with Crippen molar-refractivity contribution in [3.8, 4) is 11.1 Å². The van der Waals surface area contributed by atoms with Gasteiger partial charge in [0.2, 0.25) is 5.91 Å². The lowest BCUT2D eigenvalue weighted by Crippen LogP contribution is -2.33. The molecule has 0 saturated carbocycles. The van der Waals surface area contributed by atoms with Gasteiger partial charge in [-0.1, -0.05) is 37.3 Å². The molecule has 0 aliphatic rings. The van der Waals surface area contributed by atoms with Gasteiger partial charge in [0.25, 0.3) is 5.56 Å². The molecule has 1 aromatic carbocycles. The van der Waals surface area contributed by atoms with Crippen LogP contribution < -0.4 is 10.9 Å². The zero-order valence-corrected chi connectivity index (χ0v) is 14.1. The van der Waals surface area contributed by atoms with Crippen LogP contribution >= 0.6 is 12.2 Å². The van der Waals surface area contributed by atoms with Crippen LogP contribution in [0.3, 0.4) is 0 Å². The van der Waals surface area contributed by atoms with Gasteiger partial charge in [0, 0.05) is 18.3 Å². The lowest BCUT2D eigenvalue weighted by Gasteiger charge is -2.07. The summed E-state index contributed by atoms with van der Waals surface area (Å²) in [6.45, 7) is 2.45. The lowest BCUT2D eigenvalue weighted by molar-refractivity contribution is -0.121. The van der Waals surface area contributed by atoms with Gasteiger partial charge in [-0.05, 0) is 24.2 Å². The summed E-state index contributed by atoms with van der Waals surface area (Å²) in [7, 11) is 0. The maximum atomic E-state index is 12.7. The molecule has 0 spiro atoms. The van der Waals surface area contributed by atoms with Crippen molar-refractivity contribution in [3.63, 3.8) is 0 Å². The molecule has 24 heavy (non-hydrogen) atoms. The van der Waals surface area contributed by atoms with E-state index < -0.39 is 0 Å². The molecule has 0 aliphatic carbocycles. The van der Waals surface area contributed by atoms with E-state index in [2.05, 4.69) is 15.3 Å². The van der Waals surface area contributed by atoms with Gasteiger partial charge < -0.3 is 15.3 Å². The van der Waals surface area contributed by atoms with Crippen molar-refractivity contribution < 1.29 is 4.79 Å². The van der Waals surface area contributed by atoms with E-state index >= 15 is 0 Å². The lowest BCUT2D eigenvalue weighted by atomic mass is 10.1. The Morgan fingerprint density at radius 2 is 2.00 bits per heavy atom. The number of nitrogens with one attached hydrogen (secondary N) is 3. The number of rotatable bonds is 5. The number of amides is 1. The average Bonchev–Trinajstić information content (AvgIpc) is 3.01. The van der Waals surface area contributed by atoms with Crippen LogP contribution in [0.5, 0.6) is 0 Å². The van der Waals surface area contributed by atoms with Gasteiger partial charge in [-0.2, -0.15) is 0 Å². The summed E-state index contributed by atoms with van der Waals surface area (Å²) in [5.74, 6) is -0.229. The summed E-state index contributed by atoms with van der Waals surface area (Å²) in [5.41, 5.74) is 2.61. The fraction of sp³-hybridized carbons (Fsp3) is 0.235. The molecule has 0 radical (unpaired) electrons. The van der Waals surface area contributed by atoms with Crippen LogP contribution in [0, 0.1) is 4.77 Å². The number of carbonyl (C=O) groups is 1. The zero-order valence-electron chi connectivity index (χ0n) is 13.3. The van der Waals surface area contributed by atoms with Crippen molar-refractivity contribution in [1.82, 2.24) is 19.9 Å². The van der Waals surface area contributed by atoms with Gasteiger partial charge >= 0.3 is 0 Å². The molecule has 0 bridgehead atoms. The number of hydrogen-bond donors (Lipinski definition) is 3. The van der Waals surface area contributed by atoms with Crippen molar-refractivity contribution in [2.75, 3.05) is 6.54 Å². The third kappa shape index (κ3) is 3.03. The largest absolute Gasteiger partial charge is 0.355 e. The standard InChI is InChI=1S/C17H18N4O2S/c1-2-8-18-13(22)10-21-16(23)15-14(20-17(21)24)12(9-19-15)11-6-4-3-5-7-11/h3-7,9,19H,2,8,10H2,1H3,(H,18,22)(H,20,24). The van der Waals surface area contributed by atoms with Crippen LogP contribution in [0.1, 0.15) is 13.3 Å². The third-order valence-corrected chi connectivity index (χ3v) is 4.10. The van der Waals surface area contributed by atoms with Gasteiger partial charge in [0.05, 0.1) is 5.52 Å². The first-order chi connectivity index (χ1) is 11.6. The van der Waals surface area contributed by atoms with E-state index in [1.807, 2.05) is 37.3 Å². The maximum absolute atomic E-state index is 12.7. The minimum absolute atomic E-state index is 0.0935.